The Kier molecular flexibility index (Phi) is 4.97. The third-order valence-electron chi connectivity index (χ3n) is 3.76. The number of carbonyl (C=O) groups excluding carboxylic acids is 1. The lowest BCUT2D eigenvalue weighted by Crippen LogP contribution is -2.34. The van der Waals surface area contributed by atoms with Gasteiger partial charge in [-0.05, 0) is 30.4 Å². The second-order valence-corrected chi connectivity index (χ2v) is 5.65. The zero-order valence-corrected chi connectivity index (χ0v) is 11.9. The first-order chi connectivity index (χ1) is 9.16. The Hall–Kier alpha value is -1.35. The highest BCUT2D eigenvalue weighted by Gasteiger charge is 2.15. The highest BCUT2D eigenvalue weighted by molar-refractivity contribution is 5.93. The number of rotatable bonds is 5. The van der Waals surface area contributed by atoms with Gasteiger partial charge in [-0.1, -0.05) is 44.9 Å². The lowest BCUT2D eigenvalue weighted by atomic mass is 10.0. The second kappa shape index (κ2) is 6.71. The van der Waals surface area contributed by atoms with Gasteiger partial charge in [0.05, 0.1) is 6.54 Å². The summed E-state index contributed by atoms with van der Waals surface area (Å²) in [6, 6.07) is 8.56. The van der Waals surface area contributed by atoms with Gasteiger partial charge in [-0.2, -0.15) is 0 Å². The number of nitrogens with one attached hydrogen (secondary N) is 2. The van der Waals surface area contributed by atoms with Crippen molar-refractivity contribution in [3.63, 3.8) is 0 Å². The Morgan fingerprint density at radius 2 is 1.95 bits per heavy atom. The van der Waals surface area contributed by atoms with Gasteiger partial charge in [-0.15, -0.1) is 0 Å². The van der Waals surface area contributed by atoms with E-state index in [1.807, 2.05) is 18.2 Å². The molecule has 0 aromatic heterocycles. The summed E-state index contributed by atoms with van der Waals surface area (Å²) in [5.74, 6) is 0.472. The Labute approximate surface area is 115 Å². The van der Waals surface area contributed by atoms with Crippen LogP contribution in [0.5, 0.6) is 0 Å². The number of para-hydroxylation sites is 1. The molecular weight excluding hydrogens is 236 g/mol. The van der Waals surface area contributed by atoms with Crippen molar-refractivity contribution in [3.8, 4) is 0 Å². The predicted molar refractivity (Wildman–Crippen MR) is 79.4 cm³/mol. The van der Waals surface area contributed by atoms with Gasteiger partial charge in [0.1, 0.15) is 0 Å². The first kappa shape index (κ1) is 14.1. The van der Waals surface area contributed by atoms with Crippen molar-refractivity contribution in [1.29, 1.82) is 0 Å². The molecule has 19 heavy (non-hydrogen) atoms. The summed E-state index contributed by atoms with van der Waals surface area (Å²) in [6.07, 6.45) is 4.98. The molecular formula is C16H24N2O. The van der Waals surface area contributed by atoms with Gasteiger partial charge in [0, 0.05) is 11.7 Å². The van der Waals surface area contributed by atoms with Crippen LogP contribution in [0.2, 0.25) is 0 Å². The highest BCUT2D eigenvalue weighted by atomic mass is 16.1. The quantitative estimate of drug-likeness (QED) is 0.853. The summed E-state index contributed by atoms with van der Waals surface area (Å²) in [5.41, 5.74) is 2.13. The van der Waals surface area contributed by atoms with E-state index in [4.69, 9.17) is 0 Å². The summed E-state index contributed by atoms with van der Waals surface area (Å²) >= 11 is 0. The van der Waals surface area contributed by atoms with Crippen molar-refractivity contribution in [1.82, 2.24) is 5.32 Å². The van der Waals surface area contributed by atoms with E-state index >= 15 is 0 Å². The van der Waals surface area contributed by atoms with Gasteiger partial charge in [-0.3, -0.25) is 4.79 Å². The Bertz CT molecular complexity index is 423. The van der Waals surface area contributed by atoms with Gasteiger partial charge in [0.2, 0.25) is 5.91 Å². The molecule has 2 rings (SSSR count). The van der Waals surface area contributed by atoms with E-state index in [0.29, 0.717) is 18.5 Å². The van der Waals surface area contributed by atoms with Crippen LogP contribution in [0.1, 0.15) is 51.0 Å². The van der Waals surface area contributed by atoms with Gasteiger partial charge >= 0.3 is 0 Å². The van der Waals surface area contributed by atoms with Crippen LogP contribution in [0.15, 0.2) is 24.3 Å². The number of anilines is 1. The van der Waals surface area contributed by atoms with Gasteiger partial charge in [-0.25, -0.2) is 0 Å². The Balaban J connectivity index is 1.87. The zero-order chi connectivity index (χ0) is 13.7. The van der Waals surface area contributed by atoms with E-state index in [-0.39, 0.29) is 5.91 Å². The molecule has 1 aliphatic carbocycles. The minimum absolute atomic E-state index is 0.0556. The lowest BCUT2D eigenvalue weighted by Gasteiger charge is -2.15. The number of carbonyl (C=O) groups is 1. The number of amides is 1. The predicted octanol–water partition coefficient (Wildman–Crippen LogP) is 3.28. The zero-order valence-electron chi connectivity index (χ0n) is 11.9. The largest absolute Gasteiger partial charge is 0.325 e. The molecule has 104 valence electrons. The fraction of sp³-hybridized carbons (Fsp3) is 0.562. The maximum absolute atomic E-state index is 12.0. The van der Waals surface area contributed by atoms with E-state index < -0.39 is 0 Å². The first-order valence-corrected chi connectivity index (χ1v) is 7.29. The minimum atomic E-state index is 0.0556. The Morgan fingerprint density at radius 1 is 1.26 bits per heavy atom. The van der Waals surface area contributed by atoms with Gasteiger partial charge in [0.25, 0.3) is 0 Å². The van der Waals surface area contributed by atoms with Gasteiger partial charge in [0.15, 0.2) is 0 Å². The normalized spacial score (nSPS) is 15.9. The third kappa shape index (κ3) is 4.06. The maximum Gasteiger partial charge on any atom is 0.238 e. The van der Waals surface area contributed by atoms with Crippen LogP contribution >= 0.6 is 0 Å². The van der Waals surface area contributed by atoms with E-state index in [0.717, 1.165) is 5.69 Å². The minimum Gasteiger partial charge on any atom is -0.325 e. The average molecular weight is 260 g/mol. The standard InChI is InChI=1S/C16H24N2O/c1-12(2)14-9-5-6-10-15(14)18-16(19)11-17-13-7-3-4-8-13/h5-6,9-10,12-13,17H,3-4,7-8,11H2,1-2H3,(H,18,19). The van der Waals surface area contributed by atoms with Crippen LogP contribution in [0.4, 0.5) is 5.69 Å². The molecule has 3 heteroatoms. The van der Waals surface area contributed by atoms with E-state index in [9.17, 15) is 4.79 Å². The lowest BCUT2D eigenvalue weighted by molar-refractivity contribution is -0.115. The molecule has 1 saturated carbocycles. The number of hydrogen-bond acceptors (Lipinski definition) is 2. The molecule has 2 N–H and O–H groups in total. The monoisotopic (exact) mass is 260 g/mol. The molecule has 1 amide bonds. The molecule has 0 heterocycles. The smallest absolute Gasteiger partial charge is 0.238 e. The SMILES string of the molecule is CC(C)c1ccccc1NC(=O)CNC1CCCC1. The van der Waals surface area contributed by atoms with Crippen molar-refractivity contribution in [2.24, 2.45) is 0 Å². The molecule has 1 aromatic carbocycles. The molecule has 1 aliphatic rings. The third-order valence-corrected chi connectivity index (χ3v) is 3.76. The van der Waals surface area contributed by atoms with Crippen LogP contribution in [-0.2, 0) is 4.79 Å². The molecule has 0 aliphatic heterocycles. The van der Waals surface area contributed by atoms with Crippen LogP contribution in [0.3, 0.4) is 0 Å². The summed E-state index contributed by atoms with van der Waals surface area (Å²) in [4.78, 5) is 12.0. The summed E-state index contributed by atoms with van der Waals surface area (Å²) in [7, 11) is 0. The number of benzene rings is 1. The number of hydrogen-bond donors (Lipinski definition) is 2. The second-order valence-electron chi connectivity index (χ2n) is 5.65. The van der Waals surface area contributed by atoms with Crippen LogP contribution in [0.25, 0.3) is 0 Å². The molecule has 1 aromatic rings. The first-order valence-electron chi connectivity index (χ1n) is 7.29. The fourth-order valence-electron chi connectivity index (χ4n) is 2.68. The average Bonchev–Trinajstić information content (AvgIpc) is 2.90. The van der Waals surface area contributed by atoms with Crippen molar-refractivity contribution in [3.05, 3.63) is 29.8 Å². The highest BCUT2D eigenvalue weighted by Crippen LogP contribution is 2.23. The molecule has 1 fully saturated rings. The van der Waals surface area contributed by atoms with Crippen LogP contribution in [0, 0.1) is 0 Å². The van der Waals surface area contributed by atoms with Crippen molar-refractivity contribution < 1.29 is 4.79 Å². The van der Waals surface area contributed by atoms with E-state index in [1.54, 1.807) is 0 Å². The van der Waals surface area contributed by atoms with Gasteiger partial charge < -0.3 is 10.6 Å². The summed E-state index contributed by atoms with van der Waals surface area (Å²) in [6.45, 7) is 4.70. The van der Waals surface area contributed by atoms with Crippen LogP contribution < -0.4 is 10.6 Å². The fourth-order valence-corrected chi connectivity index (χ4v) is 2.68. The molecule has 0 bridgehead atoms. The maximum atomic E-state index is 12.0. The molecule has 0 radical (unpaired) electrons. The Morgan fingerprint density at radius 3 is 2.63 bits per heavy atom. The van der Waals surface area contributed by atoms with Crippen molar-refractivity contribution in [2.45, 2.75) is 51.5 Å². The van der Waals surface area contributed by atoms with E-state index in [2.05, 4.69) is 30.5 Å². The summed E-state index contributed by atoms with van der Waals surface area (Å²) in [5, 5.41) is 6.35. The van der Waals surface area contributed by atoms with Crippen LogP contribution in [-0.4, -0.2) is 18.5 Å². The molecule has 0 unspecified atom stereocenters. The van der Waals surface area contributed by atoms with Crippen molar-refractivity contribution >= 4 is 11.6 Å². The van der Waals surface area contributed by atoms with Crippen molar-refractivity contribution in [2.75, 3.05) is 11.9 Å². The molecule has 0 spiro atoms. The molecule has 0 saturated heterocycles. The molecule has 3 nitrogen and oxygen atoms in total. The topological polar surface area (TPSA) is 41.1 Å². The molecule has 0 atom stereocenters. The summed E-state index contributed by atoms with van der Waals surface area (Å²) < 4.78 is 0. The van der Waals surface area contributed by atoms with E-state index in [1.165, 1.54) is 31.2 Å².